The Labute approximate surface area is 530 Å². The van der Waals surface area contributed by atoms with Crippen molar-refractivity contribution in [3.8, 4) is 44.5 Å². The van der Waals surface area contributed by atoms with Gasteiger partial charge in [0.2, 0.25) is 0 Å². The molecule has 10 rings (SSSR count). The van der Waals surface area contributed by atoms with Crippen LogP contribution in [0.4, 0.5) is 0 Å². The van der Waals surface area contributed by atoms with Crippen molar-refractivity contribution >= 4 is 135 Å². The van der Waals surface area contributed by atoms with Crippen molar-refractivity contribution in [2.75, 3.05) is 0 Å². The van der Waals surface area contributed by atoms with Crippen LogP contribution in [0, 0.1) is 6.42 Å². The summed E-state index contributed by atoms with van der Waals surface area (Å²) in [6, 6.07) is 42.9. The minimum Gasteiger partial charge on any atom is -0.654 e. The third-order valence-electron chi connectivity index (χ3n) is 14.5. The molecule has 5 heterocycles. The SMILES string of the molecule is CC(C)(C)c1ccc(-c2c3nc(c(-c4ccc(C(C)(C)C)cc4)c4[n-]c(c(Cl)c4Cl)c(-c4ccc(C(C)(C)C)cc4)c4nc(c(-c5ccc(C(C)(C)C)cc5)c5[n-]c2c(Cl)c5Cl)C(Cl)=C4Cl)C(Cl)=C3Cl)cc1.C[CH-]c1ccccc1.[Rh+3]. The van der Waals surface area contributed by atoms with E-state index in [1.807, 2.05) is 73.7 Å². The van der Waals surface area contributed by atoms with Crippen molar-refractivity contribution in [2.24, 2.45) is 0 Å². The van der Waals surface area contributed by atoms with Crippen molar-refractivity contribution in [1.29, 1.82) is 0 Å². The maximum Gasteiger partial charge on any atom is 3.00 e. The third-order valence-corrected chi connectivity index (χ3v) is 17.8. The molecule has 3 aromatic heterocycles. The normalized spacial score (nSPS) is 13.0. The number of halogens is 8. The second-order valence-electron chi connectivity index (χ2n) is 24.3. The van der Waals surface area contributed by atoms with Gasteiger partial charge in [-0.15, -0.1) is 34.2 Å². The van der Waals surface area contributed by atoms with Crippen molar-refractivity contribution in [1.82, 2.24) is 19.9 Å². The quantitative estimate of drug-likeness (QED) is 0.127. The van der Waals surface area contributed by atoms with Crippen molar-refractivity contribution in [2.45, 2.75) is 112 Å². The van der Waals surface area contributed by atoms with Gasteiger partial charge < -0.3 is 9.97 Å². The van der Waals surface area contributed by atoms with E-state index in [0.29, 0.717) is 89.4 Å². The first-order valence-corrected chi connectivity index (χ1v) is 29.4. The molecule has 0 spiro atoms. The number of aromatic nitrogens is 4. The van der Waals surface area contributed by atoms with Crippen LogP contribution in [0.15, 0.2) is 127 Å². The summed E-state index contributed by atoms with van der Waals surface area (Å²) in [6.45, 7) is 27.9. The molecule has 0 aliphatic carbocycles. The largest absolute Gasteiger partial charge is 3.00 e. The van der Waals surface area contributed by atoms with E-state index < -0.39 is 0 Å². The molecule has 0 saturated heterocycles. The maximum absolute atomic E-state index is 7.52. The van der Waals surface area contributed by atoms with Gasteiger partial charge in [0.15, 0.2) is 0 Å². The van der Waals surface area contributed by atoms with Crippen LogP contribution >= 0.6 is 92.8 Å². The Morgan fingerprint density at radius 2 is 0.531 bits per heavy atom. The molecule has 0 amide bonds. The number of hydrogen-bond donors (Lipinski definition) is 0. The summed E-state index contributed by atoms with van der Waals surface area (Å²) in [5, 5.41) is 1.26. The zero-order chi connectivity index (χ0) is 58.1. The Balaban J connectivity index is 0.000000880. The molecule has 0 saturated carbocycles. The van der Waals surface area contributed by atoms with Gasteiger partial charge in [-0.3, -0.25) is 0 Å². The maximum atomic E-state index is 7.52. The molecule has 2 aliphatic heterocycles. The number of hydrogen-bond acceptors (Lipinski definition) is 2. The molecule has 5 aromatic carbocycles. The molecule has 0 N–H and O–H groups in total. The predicted molar refractivity (Wildman–Crippen MR) is 348 cm³/mol. The first-order chi connectivity index (χ1) is 37.5. The second kappa shape index (κ2) is 23.9. The standard InChI is InChI=1S/C60H52Cl8N4.C8H9.Rh/c1-57(2,3)33-21-13-29(14-22-33)37-49-41(61)43(63)51(69-49)38(30-15-23-34(24-16-30)58(4,5)6)53-45(65)47(67)55(71-53)40(32-19-27-36(28-20-32)60(10,11)12)56-48(68)46(66)54(72-56)39(52-44(64)42(62)50(37)70-52)31-17-25-35(26-18-31)59(7,8)9;1-2-8-6-4-3-5-7-8;/h13-28H,1-12H3;2-7H,1H3;/q-2;-1;+3. The fourth-order valence-electron chi connectivity index (χ4n) is 9.73. The fourth-order valence-corrected chi connectivity index (χ4v) is 11.5. The Kier molecular flexibility index (Phi) is 18.4. The van der Waals surface area contributed by atoms with Crippen molar-refractivity contribution in [3.63, 3.8) is 0 Å². The second-order valence-corrected chi connectivity index (χ2v) is 27.3. The first-order valence-electron chi connectivity index (χ1n) is 26.4. The van der Waals surface area contributed by atoms with E-state index in [2.05, 4.69) is 150 Å². The summed E-state index contributed by atoms with van der Waals surface area (Å²) in [4.78, 5) is 21.5. The molecule has 8 bridgehead atoms. The molecule has 4 nitrogen and oxygen atoms in total. The van der Waals surface area contributed by atoms with Gasteiger partial charge in [0.25, 0.3) is 0 Å². The van der Waals surface area contributed by atoms with Crippen molar-refractivity contribution < 1.29 is 19.5 Å². The van der Waals surface area contributed by atoms with E-state index in [0.717, 1.165) is 22.3 Å². The van der Waals surface area contributed by atoms with E-state index >= 15 is 0 Å². The molecule has 13 heteroatoms. The predicted octanol–water partition coefficient (Wildman–Crippen LogP) is 22.9. The van der Waals surface area contributed by atoms with Gasteiger partial charge in [0.1, 0.15) is 0 Å². The molecule has 418 valence electrons. The molecule has 2 aliphatic rings. The van der Waals surface area contributed by atoms with E-state index in [9.17, 15) is 0 Å². The summed E-state index contributed by atoms with van der Waals surface area (Å²) < 4.78 is 0. The van der Waals surface area contributed by atoms with Crippen LogP contribution in [0.2, 0.25) is 20.1 Å². The van der Waals surface area contributed by atoms with Crippen LogP contribution < -0.4 is 9.97 Å². The number of rotatable bonds is 5. The van der Waals surface area contributed by atoms with Gasteiger partial charge in [-0.25, -0.2) is 9.97 Å². The summed E-state index contributed by atoms with van der Waals surface area (Å²) in [6.07, 6.45) is 2.08. The summed E-state index contributed by atoms with van der Waals surface area (Å²) in [5.74, 6) is 0. The van der Waals surface area contributed by atoms with Gasteiger partial charge in [-0.2, -0.15) is 24.1 Å². The first kappa shape index (κ1) is 62.6. The van der Waals surface area contributed by atoms with Crippen LogP contribution in [0.1, 0.15) is 141 Å². The zero-order valence-corrected chi connectivity index (χ0v) is 55.0. The van der Waals surface area contributed by atoms with Gasteiger partial charge in [0, 0.05) is 20.1 Å². The Morgan fingerprint density at radius 1 is 0.321 bits per heavy atom. The van der Waals surface area contributed by atoms with E-state index in [1.165, 1.54) is 5.56 Å². The number of fused-ring (bicyclic) bond motifs is 8. The Bertz CT molecular complexity index is 3470. The summed E-state index contributed by atoms with van der Waals surface area (Å²) >= 11 is 60.2. The molecule has 0 radical (unpaired) electrons. The molecule has 0 unspecified atom stereocenters. The van der Waals surface area contributed by atoms with E-state index in [4.69, 9.17) is 113 Å². The molecule has 81 heavy (non-hydrogen) atoms. The minimum absolute atomic E-state index is 0. The molecule has 8 aromatic rings. The van der Waals surface area contributed by atoms with Gasteiger partial charge >= 0.3 is 19.5 Å². The summed E-state index contributed by atoms with van der Waals surface area (Å²) in [5.41, 5.74) is 12.4. The minimum atomic E-state index is -0.146. The monoisotopic (exact) mass is 1320 g/mol. The van der Waals surface area contributed by atoms with E-state index in [1.54, 1.807) is 0 Å². The van der Waals surface area contributed by atoms with Gasteiger partial charge in [-0.05, 0) is 88.4 Å². The average molecular weight is 1320 g/mol. The van der Waals surface area contributed by atoms with Crippen LogP contribution in [0.25, 0.3) is 86.7 Å². The van der Waals surface area contributed by atoms with Crippen LogP contribution in [0.5, 0.6) is 0 Å². The molecular formula is C68H61Cl8N4Rh. The molecule has 0 fully saturated rings. The van der Waals surface area contributed by atoms with Crippen LogP contribution in [0.3, 0.4) is 0 Å². The Hall–Kier alpha value is -4.49. The third kappa shape index (κ3) is 12.4. The van der Waals surface area contributed by atoms with Crippen molar-refractivity contribution in [3.05, 3.63) is 204 Å². The topological polar surface area (TPSA) is 54.0 Å². The summed E-state index contributed by atoms with van der Waals surface area (Å²) in [7, 11) is 0. The average Bonchev–Trinajstić information content (AvgIpc) is 4.17. The number of benzene rings is 5. The van der Waals surface area contributed by atoms with E-state index in [-0.39, 0.29) is 81.4 Å². The van der Waals surface area contributed by atoms with Gasteiger partial charge in [-0.1, -0.05) is 286 Å². The Morgan fingerprint density at radius 3 is 0.704 bits per heavy atom. The zero-order valence-electron chi connectivity index (χ0n) is 47.3. The smallest absolute Gasteiger partial charge is 0.654 e. The number of nitrogens with zero attached hydrogens (tertiary/aromatic N) is 4. The van der Waals surface area contributed by atoms with Gasteiger partial charge in [0.05, 0.1) is 42.9 Å². The fraction of sp³-hybridized carbons (Fsp3) is 0.250. The molecule has 0 atom stereocenters. The molecular weight excluding hydrogens is 1260 g/mol. The van der Waals surface area contributed by atoms with Crippen LogP contribution in [-0.2, 0) is 41.1 Å². The van der Waals surface area contributed by atoms with Crippen LogP contribution in [-0.4, -0.2) is 9.97 Å².